The summed E-state index contributed by atoms with van der Waals surface area (Å²) in [6.45, 7) is 1.76. The average molecular weight is 294 g/mol. The van der Waals surface area contributed by atoms with Gasteiger partial charge in [-0.15, -0.1) is 0 Å². The molecule has 0 radical (unpaired) electrons. The molecule has 0 bridgehead atoms. The van der Waals surface area contributed by atoms with Crippen molar-refractivity contribution in [2.24, 2.45) is 5.92 Å². The van der Waals surface area contributed by atoms with Gasteiger partial charge in [-0.2, -0.15) is 0 Å². The van der Waals surface area contributed by atoms with Gasteiger partial charge in [0.25, 0.3) is 0 Å². The fourth-order valence-corrected chi connectivity index (χ4v) is 2.14. The van der Waals surface area contributed by atoms with Crippen molar-refractivity contribution in [2.75, 3.05) is 19.6 Å². The van der Waals surface area contributed by atoms with Gasteiger partial charge in [-0.3, -0.25) is 4.79 Å². The number of carboxylic acid groups (broad SMARTS) is 1. The summed E-state index contributed by atoms with van der Waals surface area (Å²) in [6.07, 6.45) is 9.39. The highest BCUT2D eigenvalue weighted by molar-refractivity contribution is 5.80. The van der Waals surface area contributed by atoms with E-state index >= 15 is 0 Å². The number of unbranched alkanes of at least 4 members (excludes halogenated alkanes) is 1. The van der Waals surface area contributed by atoms with Gasteiger partial charge in [0.15, 0.2) is 0 Å². The molecule has 0 saturated heterocycles. The Morgan fingerprint density at radius 1 is 1.38 bits per heavy atom. The van der Waals surface area contributed by atoms with Crippen LogP contribution in [0.2, 0.25) is 0 Å². The molecular weight excluding hydrogens is 272 g/mol. The fraction of sp³-hybridized carbons (Fsp3) is 0.643. The Morgan fingerprint density at radius 3 is 2.81 bits per heavy atom. The number of aromatic nitrogens is 2. The van der Waals surface area contributed by atoms with Gasteiger partial charge >= 0.3 is 12.0 Å². The van der Waals surface area contributed by atoms with Crippen LogP contribution in [0.4, 0.5) is 4.79 Å². The first kappa shape index (κ1) is 15.3. The number of carbonyl (C=O) groups is 2. The van der Waals surface area contributed by atoms with Crippen LogP contribution < -0.4 is 5.32 Å². The number of aliphatic carboxylic acids is 1. The van der Waals surface area contributed by atoms with Crippen LogP contribution in [0, 0.1) is 5.92 Å². The third-order valence-electron chi connectivity index (χ3n) is 3.47. The monoisotopic (exact) mass is 294 g/mol. The molecule has 0 unspecified atom stereocenters. The van der Waals surface area contributed by atoms with Crippen LogP contribution in [0.1, 0.15) is 25.7 Å². The summed E-state index contributed by atoms with van der Waals surface area (Å²) in [5.74, 6) is -0.484. The van der Waals surface area contributed by atoms with Gasteiger partial charge in [0.05, 0.1) is 6.33 Å². The summed E-state index contributed by atoms with van der Waals surface area (Å²) < 4.78 is 1.99. The number of hydrogen-bond donors (Lipinski definition) is 2. The SMILES string of the molecule is O=C(O)CN(CC1CC1)C(=O)NCCCCn1ccnc1. The molecule has 0 aliphatic heterocycles. The number of carboxylic acids is 1. The Hall–Kier alpha value is -2.05. The minimum absolute atomic E-state index is 0.225. The molecule has 21 heavy (non-hydrogen) atoms. The lowest BCUT2D eigenvalue weighted by Crippen LogP contribution is -2.44. The molecule has 7 nitrogen and oxygen atoms in total. The zero-order valence-corrected chi connectivity index (χ0v) is 12.1. The lowest BCUT2D eigenvalue weighted by Gasteiger charge is -2.21. The number of nitrogens with one attached hydrogen (secondary N) is 1. The van der Waals surface area contributed by atoms with E-state index < -0.39 is 5.97 Å². The summed E-state index contributed by atoms with van der Waals surface area (Å²) in [6, 6.07) is -0.271. The quantitative estimate of drug-likeness (QED) is 0.669. The number of nitrogens with zero attached hydrogens (tertiary/aromatic N) is 3. The van der Waals surface area contributed by atoms with Gasteiger partial charge in [-0.25, -0.2) is 9.78 Å². The first-order chi connectivity index (χ1) is 10.1. The summed E-state index contributed by atoms with van der Waals surface area (Å²) in [4.78, 5) is 28.1. The second kappa shape index (κ2) is 7.66. The van der Waals surface area contributed by atoms with E-state index in [1.807, 2.05) is 10.8 Å². The van der Waals surface area contributed by atoms with Crippen LogP contribution in [0.25, 0.3) is 0 Å². The molecule has 1 aliphatic rings. The van der Waals surface area contributed by atoms with Gasteiger partial charge in [-0.1, -0.05) is 0 Å². The number of amides is 2. The summed E-state index contributed by atoms with van der Waals surface area (Å²) in [5.41, 5.74) is 0. The summed E-state index contributed by atoms with van der Waals surface area (Å²) >= 11 is 0. The molecule has 116 valence electrons. The van der Waals surface area contributed by atoms with Crippen molar-refractivity contribution in [3.8, 4) is 0 Å². The van der Waals surface area contributed by atoms with E-state index in [0.29, 0.717) is 19.0 Å². The van der Waals surface area contributed by atoms with Crippen molar-refractivity contribution in [3.63, 3.8) is 0 Å². The number of hydrogen-bond acceptors (Lipinski definition) is 3. The zero-order chi connectivity index (χ0) is 15.1. The minimum atomic E-state index is -0.967. The van der Waals surface area contributed by atoms with Gasteiger partial charge in [0.2, 0.25) is 0 Å². The highest BCUT2D eigenvalue weighted by atomic mass is 16.4. The molecule has 1 aromatic rings. The van der Waals surface area contributed by atoms with Crippen LogP contribution in [-0.2, 0) is 11.3 Å². The van der Waals surface area contributed by atoms with E-state index in [0.717, 1.165) is 32.2 Å². The predicted molar refractivity (Wildman–Crippen MR) is 76.8 cm³/mol. The third-order valence-corrected chi connectivity index (χ3v) is 3.47. The maximum atomic E-state index is 12.0. The molecule has 1 saturated carbocycles. The average Bonchev–Trinajstić information content (AvgIpc) is 3.10. The van der Waals surface area contributed by atoms with Crippen molar-refractivity contribution >= 4 is 12.0 Å². The van der Waals surface area contributed by atoms with Crippen molar-refractivity contribution < 1.29 is 14.7 Å². The second-order valence-corrected chi connectivity index (χ2v) is 5.46. The molecule has 2 amide bonds. The number of rotatable bonds is 9. The Morgan fingerprint density at radius 2 is 2.19 bits per heavy atom. The number of urea groups is 1. The lowest BCUT2D eigenvalue weighted by atomic mass is 10.3. The lowest BCUT2D eigenvalue weighted by molar-refractivity contribution is -0.137. The maximum Gasteiger partial charge on any atom is 0.323 e. The third kappa shape index (κ3) is 5.85. The van der Waals surface area contributed by atoms with Crippen LogP contribution in [0.3, 0.4) is 0 Å². The molecule has 0 aromatic carbocycles. The molecule has 7 heteroatoms. The molecule has 2 N–H and O–H groups in total. The fourth-order valence-electron chi connectivity index (χ4n) is 2.14. The molecular formula is C14H22N4O3. The highest BCUT2D eigenvalue weighted by Crippen LogP contribution is 2.29. The van der Waals surface area contributed by atoms with E-state index in [9.17, 15) is 9.59 Å². The van der Waals surface area contributed by atoms with Crippen LogP contribution >= 0.6 is 0 Å². The van der Waals surface area contributed by atoms with Gasteiger partial charge in [0.1, 0.15) is 6.54 Å². The minimum Gasteiger partial charge on any atom is -0.480 e. The van der Waals surface area contributed by atoms with Crippen LogP contribution in [0.15, 0.2) is 18.7 Å². The molecule has 1 aromatic heterocycles. The van der Waals surface area contributed by atoms with Crippen molar-refractivity contribution in [1.82, 2.24) is 19.8 Å². The van der Waals surface area contributed by atoms with E-state index in [1.165, 1.54) is 4.90 Å². The molecule has 0 spiro atoms. The topological polar surface area (TPSA) is 87.5 Å². The van der Waals surface area contributed by atoms with Gasteiger partial charge in [0, 0.05) is 32.0 Å². The first-order valence-electron chi connectivity index (χ1n) is 7.35. The summed E-state index contributed by atoms with van der Waals surface area (Å²) in [7, 11) is 0. The van der Waals surface area contributed by atoms with E-state index in [2.05, 4.69) is 10.3 Å². The number of aryl methyl sites for hydroxylation is 1. The Kier molecular flexibility index (Phi) is 5.59. The molecule has 0 atom stereocenters. The first-order valence-corrected chi connectivity index (χ1v) is 7.35. The smallest absolute Gasteiger partial charge is 0.323 e. The summed E-state index contributed by atoms with van der Waals surface area (Å²) in [5, 5.41) is 11.7. The van der Waals surface area contributed by atoms with E-state index in [-0.39, 0.29) is 12.6 Å². The van der Waals surface area contributed by atoms with E-state index in [1.54, 1.807) is 12.5 Å². The standard InChI is InChI=1S/C14H22N4O3/c19-13(20)10-18(9-12-3-4-12)14(21)16-5-1-2-7-17-8-6-15-11-17/h6,8,11-12H,1-5,7,9-10H2,(H,16,21)(H,19,20). The predicted octanol–water partition coefficient (Wildman–Crippen LogP) is 1.17. The number of imidazole rings is 1. The van der Waals surface area contributed by atoms with Crippen molar-refractivity contribution in [1.29, 1.82) is 0 Å². The Labute approximate surface area is 124 Å². The molecule has 1 fully saturated rings. The Bertz CT molecular complexity index is 457. The molecule has 1 heterocycles. The zero-order valence-electron chi connectivity index (χ0n) is 12.1. The van der Waals surface area contributed by atoms with E-state index in [4.69, 9.17) is 5.11 Å². The molecule has 1 aliphatic carbocycles. The van der Waals surface area contributed by atoms with Crippen molar-refractivity contribution in [3.05, 3.63) is 18.7 Å². The van der Waals surface area contributed by atoms with Crippen LogP contribution in [-0.4, -0.2) is 51.2 Å². The maximum absolute atomic E-state index is 12.0. The largest absolute Gasteiger partial charge is 0.480 e. The number of carbonyl (C=O) groups excluding carboxylic acids is 1. The second-order valence-electron chi connectivity index (χ2n) is 5.46. The Balaban J connectivity index is 1.62. The van der Waals surface area contributed by atoms with Crippen molar-refractivity contribution in [2.45, 2.75) is 32.2 Å². The van der Waals surface area contributed by atoms with Gasteiger partial charge in [-0.05, 0) is 31.6 Å². The van der Waals surface area contributed by atoms with Crippen LogP contribution in [0.5, 0.6) is 0 Å². The highest BCUT2D eigenvalue weighted by Gasteiger charge is 2.27. The normalized spacial score (nSPS) is 13.9. The van der Waals surface area contributed by atoms with Gasteiger partial charge < -0.3 is 19.9 Å². The molecule has 2 rings (SSSR count).